The van der Waals surface area contributed by atoms with Crippen LogP contribution >= 0.6 is 0 Å². The Kier molecular flexibility index (Phi) is 4.31. The minimum atomic E-state index is -1.01. The third-order valence-corrected chi connectivity index (χ3v) is 3.50. The van der Waals surface area contributed by atoms with Crippen LogP contribution in [0.5, 0.6) is 0 Å². The number of rotatable bonds is 4. The van der Waals surface area contributed by atoms with Crippen molar-refractivity contribution >= 4 is 11.7 Å². The molecule has 1 aliphatic rings. The van der Waals surface area contributed by atoms with Crippen LogP contribution in [0.3, 0.4) is 0 Å². The summed E-state index contributed by atoms with van der Waals surface area (Å²) in [7, 11) is 0. The van der Waals surface area contributed by atoms with Gasteiger partial charge in [-0.15, -0.1) is 0 Å². The number of ether oxygens (including phenoxy) is 1. The Labute approximate surface area is 115 Å². The smallest absolute Gasteiger partial charge is 0.334 e. The minimum Gasteiger partial charge on any atom is -0.479 e. The Morgan fingerprint density at radius 3 is 2.90 bits per heavy atom. The zero-order valence-electron chi connectivity index (χ0n) is 11.1. The van der Waals surface area contributed by atoms with Crippen molar-refractivity contribution in [3.8, 4) is 0 Å². The molecule has 0 bridgehead atoms. The maximum atomic E-state index is 11.0. The van der Waals surface area contributed by atoms with E-state index < -0.39 is 17.0 Å². The Balaban J connectivity index is 2.21. The monoisotopic (exact) mass is 280 g/mol. The van der Waals surface area contributed by atoms with Crippen molar-refractivity contribution in [3.05, 3.63) is 39.9 Å². The number of benzene rings is 1. The summed E-state index contributed by atoms with van der Waals surface area (Å²) in [5.74, 6) is -1.01. The van der Waals surface area contributed by atoms with E-state index in [2.05, 4.69) is 0 Å². The van der Waals surface area contributed by atoms with Crippen LogP contribution in [0.2, 0.25) is 0 Å². The highest BCUT2D eigenvalue weighted by molar-refractivity contribution is 5.72. The van der Waals surface area contributed by atoms with Crippen LogP contribution in [0.25, 0.3) is 0 Å². The van der Waals surface area contributed by atoms with Gasteiger partial charge in [0, 0.05) is 30.8 Å². The van der Waals surface area contributed by atoms with Crippen molar-refractivity contribution in [1.82, 2.24) is 4.90 Å². The fourth-order valence-electron chi connectivity index (χ4n) is 2.37. The summed E-state index contributed by atoms with van der Waals surface area (Å²) in [4.78, 5) is 23.5. The number of nitrogens with zero attached hydrogens (tertiary/aromatic N) is 2. The molecular weight excluding hydrogens is 264 g/mol. The molecule has 0 saturated carbocycles. The molecule has 0 aromatic heterocycles. The first kappa shape index (κ1) is 14.4. The molecule has 0 aliphatic carbocycles. The van der Waals surface area contributed by atoms with Gasteiger partial charge in [0.25, 0.3) is 5.69 Å². The summed E-state index contributed by atoms with van der Waals surface area (Å²) in [5, 5.41) is 20.0. The third kappa shape index (κ3) is 2.94. The van der Waals surface area contributed by atoms with Crippen LogP contribution in [0.15, 0.2) is 24.3 Å². The van der Waals surface area contributed by atoms with Crippen LogP contribution in [0, 0.1) is 10.1 Å². The number of hydrogen-bond acceptors (Lipinski definition) is 5. The number of carboxylic acid groups (broad SMARTS) is 1. The lowest BCUT2D eigenvalue weighted by molar-refractivity contribution is -0.386. The molecule has 0 amide bonds. The summed E-state index contributed by atoms with van der Waals surface area (Å²) < 4.78 is 5.16. The molecule has 0 radical (unpaired) electrons. The number of nitro groups is 1. The molecule has 20 heavy (non-hydrogen) atoms. The van der Waals surface area contributed by atoms with Crippen molar-refractivity contribution in [2.45, 2.75) is 19.1 Å². The molecule has 1 saturated heterocycles. The molecule has 0 spiro atoms. The van der Waals surface area contributed by atoms with Gasteiger partial charge >= 0.3 is 5.97 Å². The predicted octanol–water partition coefficient (Wildman–Crippen LogP) is 1.44. The molecule has 1 aromatic rings. The molecular formula is C13H16N2O5. The molecule has 1 aromatic carbocycles. The predicted molar refractivity (Wildman–Crippen MR) is 70.5 cm³/mol. The second-order valence-corrected chi connectivity index (χ2v) is 4.68. The quantitative estimate of drug-likeness (QED) is 0.662. The third-order valence-electron chi connectivity index (χ3n) is 3.50. The van der Waals surface area contributed by atoms with Gasteiger partial charge in [-0.3, -0.25) is 15.0 Å². The van der Waals surface area contributed by atoms with E-state index in [1.54, 1.807) is 18.2 Å². The Bertz CT molecular complexity index is 519. The zero-order valence-corrected chi connectivity index (χ0v) is 11.1. The van der Waals surface area contributed by atoms with E-state index in [1.165, 1.54) is 6.07 Å². The fourth-order valence-corrected chi connectivity index (χ4v) is 2.37. The number of hydrogen-bond donors (Lipinski definition) is 1. The molecule has 2 atom stereocenters. The summed E-state index contributed by atoms with van der Waals surface area (Å²) in [6.45, 7) is 2.92. The number of morpholine rings is 1. The van der Waals surface area contributed by atoms with E-state index in [0.29, 0.717) is 18.7 Å². The standard InChI is InChI=1S/C13H16N2O5/c1-9(10-4-2-3-5-11(10)15(18)19)14-6-7-20-12(8-14)13(16)17/h2-5,9,12H,6-8H2,1H3,(H,16,17). The summed E-state index contributed by atoms with van der Waals surface area (Å²) >= 11 is 0. The first-order valence-electron chi connectivity index (χ1n) is 6.32. The lowest BCUT2D eigenvalue weighted by atomic mass is 10.0. The van der Waals surface area contributed by atoms with Crippen molar-refractivity contribution in [2.24, 2.45) is 0 Å². The highest BCUT2D eigenvalue weighted by atomic mass is 16.6. The maximum Gasteiger partial charge on any atom is 0.334 e. The molecule has 1 N–H and O–H groups in total. The summed E-state index contributed by atoms with van der Waals surface area (Å²) in [6.07, 6.45) is -0.881. The van der Waals surface area contributed by atoms with Crippen molar-refractivity contribution in [1.29, 1.82) is 0 Å². The summed E-state index contributed by atoms with van der Waals surface area (Å²) in [6, 6.07) is 6.29. The van der Waals surface area contributed by atoms with Gasteiger partial charge in [-0.1, -0.05) is 18.2 Å². The van der Waals surface area contributed by atoms with Gasteiger partial charge in [-0.25, -0.2) is 4.79 Å². The van der Waals surface area contributed by atoms with Crippen LogP contribution in [0.4, 0.5) is 5.69 Å². The molecule has 7 nitrogen and oxygen atoms in total. The summed E-state index contributed by atoms with van der Waals surface area (Å²) in [5.41, 5.74) is 0.641. The van der Waals surface area contributed by atoms with E-state index in [4.69, 9.17) is 9.84 Å². The first-order valence-corrected chi connectivity index (χ1v) is 6.32. The van der Waals surface area contributed by atoms with E-state index in [9.17, 15) is 14.9 Å². The topological polar surface area (TPSA) is 92.9 Å². The van der Waals surface area contributed by atoms with Gasteiger partial charge in [0.1, 0.15) is 0 Å². The molecule has 1 aliphatic heterocycles. The van der Waals surface area contributed by atoms with Crippen molar-refractivity contribution in [3.63, 3.8) is 0 Å². The van der Waals surface area contributed by atoms with Crippen molar-refractivity contribution in [2.75, 3.05) is 19.7 Å². The molecule has 1 heterocycles. The molecule has 1 fully saturated rings. The van der Waals surface area contributed by atoms with Gasteiger partial charge in [0.15, 0.2) is 6.10 Å². The van der Waals surface area contributed by atoms with Gasteiger partial charge in [-0.05, 0) is 6.92 Å². The van der Waals surface area contributed by atoms with Gasteiger partial charge < -0.3 is 9.84 Å². The van der Waals surface area contributed by atoms with E-state index in [1.807, 2.05) is 11.8 Å². The van der Waals surface area contributed by atoms with Crippen LogP contribution in [-0.2, 0) is 9.53 Å². The number of nitro benzene ring substituents is 1. The minimum absolute atomic E-state index is 0.0540. The lowest BCUT2D eigenvalue weighted by Crippen LogP contribution is -2.46. The Hall–Kier alpha value is -1.99. The average Bonchev–Trinajstić information content (AvgIpc) is 2.46. The van der Waals surface area contributed by atoms with E-state index in [0.717, 1.165) is 0 Å². The highest BCUT2D eigenvalue weighted by Crippen LogP contribution is 2.29. The Morgan fingerprint density at radius 2 is 2.25 bits per heavy atom. The molecule has 108 valence electrons. The average molecular weight is 280 g/mol. The fraction of sp³-hybridized carbons (Fsp3) is 0.462. The SMILES string of the molecule is CC(c1ccccc1[N+](=O)[O-])N1CCOC(C(=O)O)C1. The molecule has 2 rings (SSSR count). The Morgan fingerprint density at radius 1 is 1.55 bits per heavy atom. The zero-order chi connectivity index (χ0) is 14.7. The normalized spacial score (nSPS) is 21.4. The second-order valence-electron chi connectivity index (χ2n) is 4.68. The van der Waals surface area contributed by atoms with Gasteiger partial charge in [0.2, 0.25) is 0 Å². The second kappa shape index (κ2) is 5.98. The van der Waals surface area contributed by atoms with Crippen LogP contribution in [0.1, 0.15) is 18.5 Å². The molecule has 2 unspecified atom stereocenters. The maximum absolute atomic E-state index is 11.0. The van der Waals surface area contributed by atoms with Gasteiger partial charge in [-0.2, -0.15) is 0 Å². The lowest BCUT2D eigenvalue weighted by Gasteiger charge is -2.35. The largest absolute Gasteiger partial charge is 0.479 e. The van der Waals surface area contributed by atoms with Gasteiger partial charge in [0.05, 0.1) is 11.5 Å². The number of carbonyl (C=O) groups is 1. The van der Waals surface area contributed by atoms with Crippen LogP contribution < -0.4 is 0 Å². The number of carboxylic acids is 1. The first-order chi connectivity index (χ1) is 9.50. The van der Waals surface area contributed by atoms with E-state index >= 15 is 0 Å². The highest BCUT2D eigenvalue weighted by Gasteiger charge is 2.31. The van der Waals surface area contributed by atoms with Crippen molar-refractivity contribution < 1.29 is 19.6 Å². The number of para-hydroxylation sites is 1. The number of aliphatic carboxylic acids is 1. The van der Waals surface area contributed by atoms with Crippen LogP contribution in [-0.4, -0.2) is 46.7 Å². The van der Waals surface area contributed by atoms with E-state index in [-0.39, 0.29) is 18.3 Å². The molecule has 7 heteroatoms.